The van der Waals surface area contributed by atoms with Crippen LogP contribution in [0.1, 0.15) is 6.92 Å². The van der Waals surface area contributed by atoms with E-state index in [1.54, 1.807) is 0 Å². The Kier molecular flexibility index (Phi) is 3.92. The van der Waals surface area contributed by atoms with E-state index >= 15 is 0 Å². The van der Waals surface area contributed by atoms with E-state index < -0.39 is 0 Å². The molecule has 0 saturated carbocycles. The molecule has 2 aliphatic heterocycles. The maximum absolute atomic E-state index is 12.5. The molecular formula is C16H23N3O. The summed E-state index contributed by atoms with van der Waals surface area (Å²) < 4.78 is 0. The van der Waals surface area contributed by atoms with Gasteiger partial charge in [-0.15, -0.1) is 0 Å². The summed E-state index contributed by atoms with van der Waals surface area (Å²) >= 11 is 0. The van der Waals surface area contributed by atoms with Crippen LogP contribution in [-0.4, -0.2) is 50.1 Å². The fraction of sp³-hybridized carbons (Fsp3) is 0.562. The smallest absolute Gasteiger partial charge is 0.227 e. The van der Waals surface area contributed by atoms with E-state index in [0.29, 0.717) is 11.8 Å². The van der Waals surface area contributed by atoms with E-state index in [9.17, 15) is 4.79 Å². The number of carbonyl (C=O) groups is 1. The molecule has 2 fully saturated rings. The molecule has 1 N–H and O–H groups in total. The van der Waals surface area contributed by atoms with Crippen LogP contribution in [-0.2, 0) is 4.79 Å². The third-order valence-corrected chi connectivity index (χ3v) is 4.55. The molecule has 2 saturated heterocycles. The molecule has 1 amide bonds. The first-order chi connectivity index (χ1) is 9.75. The first-order valence-corrected chi connectivity index (χ1v) is 7.55. The van der Waals surface area contributed by atoms with Crippen LogP contribution in [0.5, 0.6) is 0 Å². The van der Waals surface area contributed by atoms with Gasteiger partial charge in [0.15, 0.2) is 0 Å². The van der Waals surface area contributed by atoms with E-state index in [1.807, 2.05) is 11.0 Å². The molecule has 4 nitrogen and oxygen atoms in total. The van der Waals surface area contributed by atoms with Gasteiger partial charge in [-0.25, -0.2) is 0 Å². The Hall–Kier alpha value is -1.55. The molecule has 20 heavy (non-hydrogen) atoms. The minimum atomic E-state index is 0.179. The van der Waals surface area contributed by atoms with Crippen LogP contribution in [0.4, 0.5) is 5.69 Å². The highest BCUT2D eigenvalue weighted by Crippen LogP contribution is 2.21. The summed E-state index contributed by atoms with van der Waals surface area (Å²) in [6.07, 6.45) is 0. The number of anilines is 1. The second-order valence-electron chi connectivity index (χ2n) is 5.89. The Bertz CT molecular complexity index is 454. The molecule has 4 heteroatoms. The third-order valence-electron chi connectivity index (χ3n) is 4.55. The van der Waals surface area contributed by atoms with Gasteiger partial charge in [-0.2, -0.15) is 0 Å². The third kappa shape index (κ3) is 2.66. The molecule has 3 rings (SSSR count). The highest BCUT2D eigenvalue weighted by Gasteiger charge is 2.33. The SMILES string of the molecule is C[C@@H]1CNC[C@H]1C(=O)N1CCN(c2ccccc2)CC1. The molecular weight excluding hydrogens is 250 g/mol. The van der Waals surface area contributed by atoms with Crippen LogP contribution in [0, 0.1) is 11.8 Å². The lowest BCUT2D eigenvalue weighted by molar-refractivity contribution is -0.136. The largest absolute Gasteiger partial charge is 0.368 e. The van der Waals surface area contributed by atoms with Crippen molar-refractivity contribution in [3.05, 3.63) is 30.3 Å². The molecule has 2 heterocycles. The van der Waals surface area contributed by atoms with Gasteiger partial charge in [0, 0.05) is 38.4 Å². The number of piperazine rings is 1. The maximum atomic E-state index is 12.5. The molecule has 2 aliphatic rings. The van der Waals surface area contributed by atoms with Crippen LogP contribution in [0.2, 0.25) is 0 Å². The van der Waals surface area contributed by atoms with Crippen LogP contribution < -0.4 is 10.2 Å². The second kappa shape index (κ2) is 5.83. The number of amides is 1. The normalized spacial score (nSPS) is 26.9. The summed E-state index contributed by atoms with van der Waals surface area (Å²) in [7, 11) is 0. The van der Waals surface area contributed by atoms with Crippen LogP contribution >= 0.6 is 0 Å². The van der Waals surface area contributed by atoms with Crippen LogP contribution in [0.15, 0.2) is 30.3 Å². The number of benzene rings is 1. The molecule has 0 spiro atoms. The number of hydrogen-bond donors (Lipinski definition) is 1. The van der Waals surface area contributed by atoms with Gasteiger partial charge in [-0.3, -0.25) is 4.79 Å². The van der Waals surface area contributed by atoms with Gasteiger partial charge >= 0.3 is 0 Å². The van der Waals surface area contributed by atoms with E-state index in [-0.39, 0.29) is 5.92 Å². The first-order valence-electron chi connectivity index (χ1n) is 7.55. The van der Waals surface area contributed by atoms with Crippen molar-refractivity contribution in [2.45, 2.75) is 6.92 Å². The molecule has 0 aliphatic carbocycles. The number of hydrogen-bond acceptors (Lipinski definition) is 3. The molecule has 108 valence electrons. The molecule has 0 bridgehead atoms. The Labute approximate surface area is 120 Å². The zero-order valence-corrected chi connectivity index (χ0v) is 12.1. The highest BCUT2D eigenvalue weighted by atomic mass is 16.2. The molecule has 0 radical (unpaired) electrons. The minimum absolute atomic E-state index is 0.179. The van der Waals surface area contributed by atoms with Gasteiger partial charge in [0.05, 0.1) is 5.92 Å². The van der Waals surface area contributed by atoms with Gasteiger partial charge in [0.25, 0.3) is 0 Å². The fourth-order valence-corrected chi connectivity index (χ4v) is 3.20. The van der Waals surface area contributed by atoms with E-state index in [2.05, 4.69) is 41.4 Å². The summed E-state index contributed by atoms with van der Waals surface area (Å²) in [5, 5.41) is 3.32. The zero-order chi connectivity index (χ0) is 13.9. The summed E-state index contributed by atoms with van der Waals surface area (Å²) in [4.78, 5) is 16.9. The van der Waals surface area contributed by atoms with E-state index in [1.165, 1.54) is 5.69 Å². The number of para-hydroxylation sites is 1. The number of rotatable bonds is 2. The standard InChI is InChI=1S/C16H23N3O/c1-13-11-17-12-15(13)16(20)19-9-7-18(8-10-19)14-5-3-2-4-6-14/h2-6,13,15,17H,7-12H2,1H3/t13-,15-/m1/s1. The van der Waals surface area contributed by atoms with Crippen LogP contribution in [0.3, 0.4) is 0 Å². The lowest BCUT2D eigenvalue weighted by Crippen LogP contribution is -2.51. The van der Waals surface area contributed by atoms with E-state index in [4.69, 9.17) is 0 Å². The van der Waals surface area contributed by atoms with Gasteiger partial charge in [-0.05, 0) is 24.6 Å². The van der Waals surface area contributed by atoms with Crippen molar-refractivity contribution in [1.29, 1.82) is 0 Å². The summed E-state index contributed by atoms with van der Waals surface area (Å²) in [6.45, 7) is 7.55. The lowest BCUT2D eigenvalue weighted by atomic mass is 9.96. The number of nitrogens with one attached hydrogen (secondary N) is 1. The number of carbonyl (C=O) groups excluding carboxylic acids is 1. The average molecular weight is 273 g/mol. The Morgan fingerprint density at radius 3 is 2.40 bits per heavy atom. The van der Waals surface area contributed by atoms with Crippen molar-refractivity contribution < 1.29 is 4.79 Å². The van der Waals surface area contributed by atoms with Crippen molar-refractivity contribution in [2.75, 3.05) is 44.2 Å². The van der Waals surface area contributed by atoms with Crippen molar-refractivity contribution in [2.24, 2.45) is 11.8 Å². The topological polar surface area (TPSA) is 35.6 Å². The van der Waals surface area contributed by atoms with Crippen molar-refractivity contribution in [3.63, 3.8) is 0 Å². The maximum Gasteiger partial charge on any atom is 0.227 e. The van der Waals surface area contributed by atoms with Crippen molar-refractivity contribution >= 4 is 11.6 Å². The van der Waals surface area contributed by atoms with Crippen molar-refractivity contribution in [1.82, 2.24) is 10.2 Å². The molecule has 0 unspecified atom stereocenters. The first kappa shape index (κ1) is 13.4. The predicted molar refractivity (Wildman–Crippen MR) is 80.8 cm³/mol. The van der Waals surface area contributed by atoms with Gasteiger partial charge in [-0.1, -0.05) is 25.1 Å². The second-order valence-corrected chi connectivity index (χ2v) is 5.89. The lowest BCUT2D eigenvalue weighted by Gasteiger charge is -2.37. The quantitative estimate of drug-likeness (QED) is 0.879. The summed E-state index contributed by atoms with van der Waals surface area (Å²) in [5.74, 6) is 0.989. The summed E-state index contributed by atoms with van der Waals surface area (Å²) in [5.41, 5.74) is 1.26. The van der Waals surface area contributed by atoms with Gasteiger partial charge in [0.1, 0.15) is 0 Å². The Morgan fingerprint density at radius 2 is 1.80 bits per heavy atom. The van der Waals surface area contributed by atoms with Gasteiger partial charge < -0.3 is 15.1 Å². The molecule has 2 atom stereocenters. The minimum Gasteiger partial charge on any atom is -0.368 e. The highest BCUT2D eigenvalue weighted by molar-refractivity contribution is 5.80. The molecule has 0 aromatic heterocycles. The number of nitrogens with zero attached hydrogens (tertiary/aromatic N) is 2. The zero-order valence-electron chi connectivity index (χ0n) is 12.1. The van der Waals surface area contributed by atoms with Gasteiger partial charge in [0.2, 0.25) is 5.91 Å². The summed E-state index contributed by atoms with van der Waals surface area (Å²) in [6, 6.07) is 10.5. The molecule has 1 aromatic rings. The predicted octanol–water partition coefficient (Wildman–Crippen LogP) is 1.19. The Balaban J connectivity index is 1.57. The Morgan fingerprint density at radius 1 is 1.10 bits per heavy atom. The van der Waals surface area contributed by atoms with Crippen LogP contribution in [0.25, 0.3) is 0 Å². The van der Waals surface area contributed by atoms with Crippen molar-refractivity contribution in [3.8, 4) is 0 Å². The molecule has 1 aromatic carbocycles. The van der Waals surface area contributed by atoms with E-state index in [0.717, 1.165) is 39.3 Å². The monoisotopic (exact) mass is 273 g/mol. The fourth-order valence-electron chi connectivity index (χ4n) is 3.20. The average Bonchev–Trinajstić information content (AvgIpc) is 2.94.